The van der Waals surface area contributed by atoms with Gasteiger partial charge in [-0.05, 0) is 53.5 Å². The maximum atomic E-state index is 12.7. The van der Waals surface area contributed by atoms with Crippen molar-refractivity contribution < 1.29 is 16.1 Å². The van der Waals surface area contributed by atoms with E-state index < -0.39 is 6.10 Å². The van der Waals surface area contributed by atoms with Gasteiger partial charge in [0.05, 0.1) is 0 Å². The monoisotopic (exact) mass is 340 g/mol. The number of Topliss-reactive ketones (excluding diaryl/α,β-unsaturated/α-hetero) is 1. The summed E-state index contributed by atoms with van der Waals surface area (Å²) in [6.07, 6.45) is 1.45. The Hall–Kier alpha value is -2.29. The van der Waals surface area contributed by atoms with E-state index in [1.54, 1.807) is 6.07 Å². The quantitative estimate of drug-likeness (QED) is 0.877. The summed E-state index contributed by atoms with van der Waals surface area (Å²) in [4.78, 5) is 12.7. The number of hydrogen-bond donors (Lipinski definition) is 1. The molecule has 2 aromatic rings. The zero-order chi connectivity index (χ0) is 18.2. The Balaban J connectivity index is 0.00000243. The first-order valence-corrected chi connectivity index (χ1v) is 8.86. The van der Waals surface area contributed by atoms with Gasteiger partial charge in [-0.2, -0.15) is 0 Å². The van der Waals surface area contributed by atoms with Gasteiger partial charge in [-0.25, -0.2) is 0 Å². The third-order valence-electron chi connectivity index (χ3n) is 4.84. The zero-order valence-corrected chi connectivity index (χ0v) is 15.4. The van der Waals surface area contributed by atoms with Gasteiger partial charge in [0.1, 0.15) is 11.5 Å². The molecular weight excluding hydrogens is 312 g/mol. The predicted molar refractivity (Wildman–Crippen MR) is 102 cm³/mol. The largest absolute Gasteiger partial charge is 0.508 e. The number of carbonyl (C=O) groups excluding carboxylic acids is 1. The van der Waals surface area contributed by atoms with Crippen molar-refractivity contribution in [3.05, 3.63) is 58.7 Å². The highest BCUT2D eigenvalue weighted by Crippen LogP contribution is 2.33. The molecule has 0 spiro atoms. The fourth-order valence-corrected chi connectivity index (χ4v) is 3.43. The average Bonchev–Trinajstić information content (AvgIpc) is 2.53. The van der Waals surface area contributed by atoms with Crippen molar-refractivity contribution >= 4 is 5.78 Å². The number of carbonyl (C=O) groups is 1. The lowest BCUT2D eigenvalue weighted by molar-refractivity contribution is -0.125. The second-order valence-electron chi connectivity index (χ2n) is 7.95. The first-order valence-electron chi connectivity index (χ1n) is 8.86. The van der Waals surface area contributed by atoms with Crippen molar-refractivity contribution in [3.63, 3.8) is 0 Å². The van der Waals surface area contributed by atoms with E-state index in [9.17, 15) is 9.90 Å². The van der Waals surface area contributed by atoms with E-state index in [-0.39, 0.29) is 24.8 Å². The summed E-state index contributed by atoms with van der Waals surface area (Å²) in [5.74, 6) is 1.18. The molecule has 3 nitrogen and oxygen atoms in total. The van der Waals surface area contributed by atoms with Crippen LogP contribution < -0.4 is 4.74 Å². The molecule has 0 radical (unpaired) electrons. The maximum absolute atomic E-state index is 12.7. The number of rotatable bonds is 3. The molecule has 0 saturated heterocycles. The van der Waals surface area contributed by atoms with Crippen LogP contribution in [0.4, 0.5) is 0 Å². The van der Waals surface area contributed by atoms with Crippen LogP contribution in [0.25, 0.3) is 0 Å². The highest BCUT2D eigenvalue weighted by atomic mass is 16.5. The second-order valence-corrected chi connectivity index (χ2v) is 7.95. The highest BCUT2D eigenvalue weighted by molar-refractivity contribution is 5.86. The number of fused-ring (bicyclic) bond motifs is 1. The third-order valence-corrected chi connectivity index (χ3v) is 4.84. The molecule has 0 saturated carbocycles. The first kappa shape index (κ1) is 17.5. The molecule has 1 aliphatic rings. The Labute approximate surface area is 151 Å². The number of para-hydroxylation sites is 1. The summed E-state index contributed by atoms with van der Waals surface area (Å²) >= 11 is 0. The van der Waals surface area contributed by atoms with Crippen LogP contribution in [0.1, 0.15) is 50.9 Å². The minimum absolute atomic E-state index is 0. The number of ether oxygens (including phenoxy) is 1. The van der Waals surface area contributed by atoms with Gasteiger partial charge >= 0.3 is 0 Å². The minimum Gasteiger partial charge on any atom is -0.508 e. The van der Waals surface area contributed by atoms with E-state index in [0.717, 1.165) is 28.9 Å². The fourth-order valence-electron chi connectivity index (χ4n) is 3.43. The standard InChI is InChI=1S/C22H26O3.H2/c1-14-6-5-7-16-9-11-20(25-21(14)16)19(24)13-15-8-10-17(18(23)12-15)22(2,3)4;/h5-8,10,12,20,23H,9,11,13H2,1-4H3;1H. The van der Waals surface area contributed by atoms with Gasteiger partial charge in [0, 0.05) is 7.85 Å². The summed E-state index contributed by atoms with van der Waals surface area (Å²) in [6.45, 7) is 8.18. The molecule has 1 aliphatic heterocycles. The van der Waals surface area contributed by atoms with Crippen molar-refractivity contribution in [2.45, 2.75) is 58.5 Å². The van der Waals surface area contributed by atoms with E-state index in [4.69, 9.17) is 4.74 Å². The lowest BCUT2D eigenvalue weighted by Gasteiger charge is -2.26. The van der Waals surface area contributed by atoms with Crippen molar-refractivity contribution in [3.8, 4) is 11.5 Å². The maximum Gasteiger partial charge on any atom is 0.177 e. The molecule has 1 unspecified atom stereocenters. The van der Waals surface area contributed by atoms with E-state index in [2.05, 4.69) is 26.8 Å². The first-order chi connectivity index (χ1) is 11.8. The van der Waals surface area contributed by atoms with Gasteiger partial charge in [0.15, 0.2) is 11.9 Å². The second kappa shape index (κ2) is 6.55. The van der Waals surface area contributed by atoms with Gasteiger partial charge in [0.25, 0.3) is 0 Å². The summed E-state index contributed by atoms with van der Waals surface area (Å²) in [5.41, 5.74) is 3.84. The van der Waals surface area contributed by atoms with Crippen LogP contribution in [0.3, 0.4) is 0 Å². The minimum atomic E-state index is -0.405. The van der Waals surface area contributed by atoms with E-state index >= 15 is 0 Å². The lowest BCUT2D eigenvalue weighted by atomic mass is 9.85. The Morgan fingerprint density at radius 2 is 2.04 bits per heavy atom. The lowest BCUT2D eigenvalue weighted by Crippen LogP contribution is -2.32. The molecule has 25 heavy (non-hydrogen) atoms. The predicted octanol–water partition coefficient (Wildman–Crippen LogP) is 4.75. The average molecular weight is 340 g/mol. The molecule has 134 valence electrons. The van der Waals surface area contributed by atoms with Gasteiger partial charge < -0.3 is 9.84 Å². The number of aryl methyl sites for hydroxylation is 2. The number of aromatic hydroxyl groups is 1. The summed E-state index contributed by atoms with van der Waals surface area (Å²) in [6, 6.07) is 11.7. The molecular formula is C22H28O3. The zero-order valence-electron chi connectivity index (χ0n) is 15.4. The number of ketones is 1. The normalized spacial score (nSPS) is 16.9. The van der Waals surface area contributed by atoms with Crippen LogP contribution >= 0.6 is 0 Å². The summed E-state index contributed by atoms with van der Waals surface area (Å²) < 4.78 is 5.99. The Kier molecular flexibility index (Phi) is 4.59. The molecule has 3 rings (SSSR count). The van der Waals surface area contributed by atoms with E-state index in [1.165, 1.54) is 5.56 Å². The molecule has 0 aliphatic carbocycles. The van der Waals surface area contributed by atoms with Crippen LogP contribution in [-0.4, -0.2) is 17.0 Å². The molecule has 2 aromatic carbocycles. The third kappa shape index (κ3) is 3.71. The highest BCUT2D eigenvalue weighted by Gasteiger charge is 2.27. The Bertz CT molecular complexity index is 806. The molecule has 1 heterocycles. The smallest absolute Gasteiger partial charge is 0.177 e. The SMILES string of the molecule is Cc1cccc2c1OC(C(=O)Cc1ccc(C(C)(C)C)c(O)c1)CC2.[HH]. The summed E-state index contributed by atoms with van der Waals surface area (Å²) in [7, 11) is 0. The van der Waals surface area contributed by atoms with Crippen molar-refractivity contribution in [2.75, 3.05) is 0 Å². The molecule has 1 atom stereocenters. The molecule has 3 heteroatoms. The molecule has 0 aromatic heterocycles. The topological polar surface area (TPSA) is 46.5 Å². The molecule has 1 N–H and O–H groups in total. The van der Waals surface area contributed by atoms with Crippen LogP contribution in [0.2, 0.25) is 0 Å². The van der Waals surface area contributed by atoms with Crippen molar-refractivity contribution in [1.82, 2.24) is 0 Å². The summed E-state index contributed by atoms with van der Waals surface area (Å²) in [5, 5.41) is 10.3. The van der Waals surface area contributed by atoms with E-state index in [1.807, 2.05) is 31.2 Å². The number of phenolic OH excluding ortho intramolecular Hbond substituents is 1. The van der Waals surface area contributed by atoms with Crippen molar-refractivity contribution in [1.29, 1.82) is 0 Å². The van der Waals surface area contributed by atoms with E-state index in [0.29, 0.717) is 6.42 Å². The van der Waals surface area contributed by atoms with Crippen LogP contribution in [0, 0.1) is 6.92 Å². The van der Waals surface area contributed by atoms with Gasteiger partial charge in [-0.15, -0.1) is 0 Å². The Morgan fingerprint density at radius 1 is 1.28 bits per heavy atom. The Morgan fingerprint density at radius 3 is 2.72 bits per heavy atom. The molecule has 0 bridgehead atoms. The number of hydrogen-bond acceptors (Lipinski definition) is 3. The van der Waals surface area contributed by atoms with Gasteiger partial charge in [0.2, 0.25) is 0 Å². The molecule has 0 amide bonds. The van der Waals surface area contributed by atoms with Crippen molar-refractivity contribution in [2.24, 2.45) is 0 Å². The number of phenols is 1. The van der Waals surface area contributed by atoms with Gasteiger partial charge in [-0.3, -0.25) is 4.79 Å². The van der Waals surface area contributed by atoms with Crippen LogP contribution in [0.15, 0.2) is 36.4 Å². The number of benzene rings is 2. The van der Waals surface area contributed by atoms with Gasteiger partial charge in [-0.1, -0.05) is 51.1 Å². The van der Waals surface area contributed by atoms with Crippen LogP contribution in [-0.2, 0) is 23.1 Å². The fraction of sp³-hybridized carbons (Fsp3) is 0.409. The molecule has 0 fully saturated rings. The van der Waals surface area contributed by atoms with Crippen LogP contribution in [0.5, 0.6) is 11.5 Å².